The third-order valence-corrected chi connectivity index (χ3v) is 4.67. The molecule has 3 N–H and O–H groups in total. The van der Waals surface area contributed by atoms with E-state index >= 15 is 0 Å². The van der Waals surface area contributed by atoms with Gasteiger partial charge in [0.15, 0.2) is 9.84 Å². The molecule has 0 bridgehead atoms. The van der Waals surface area contributed by atoms with E-state index in [0.717, 1.165) is 0 Å². The summed E-state index contributed by atoms with van der Waals surface area (Å²) in [5, 5.41) is 1.11. The monoisotopic (exact) mass is 272 g/mol. The van der Waals surface area contributed by atoms with E-state index in [9.17, 15) is 13.2 Å². The largest absolute Gasteiger partial charge is 0.495 e. The van der Waals surface area contributed by atoms with Crippen LogP contribution in [0, 0.1) is 0 Å². The van der Waals surface area contributed by atoms with E-state index in [1.807, 2.05) is 0 Å². The molecule has 0 radical (unpaired) electrons. The maximum absolute atomic E-state index is 12.2. The minimum atomic E-state index is -3.80. The lowest BCUT2D eigenvalue weighted by molar-refractivity contribution is -0.119. The molecule has 0 aliphatic carbocycles. The number of rotatable bonds is 4. The molecule has 0 spiro atoms. The minimum absolute atomic E-state index is 0.0460. The van der Waals surface area contributed by atoms with Gasteiger partial charge in [0.25, 0.3) is 0 Å². The van der Waals surface area contributed by atoms with Crippen molar-refractivity contribution in [1.82, 2.24) is 5.32 Å². The Balaban J connectivity index is 3.33. The number of anilines is 1. The van der Waals surface area contributed by atoms with Crippen LogP contribution < -0.4 is 15.8 Å². The molecule has 0 saturated heterocycles. The molecule has 0 aliphatic rings. The quantitative estimate of drug-likeness (QED) is 0.762. The first kappa shape index (κ1) is 14.3. The van der Waals surface area contributed by atoms with Crippen molar-refractivity contribution in [3.05, 3.63) is 18.2 Å². The molecule has 6 nitrogen and oxygen atoms in total. The van der Waals surface area contributed by atoms with Crippen molar-refractivity contribution in [3.8, 4) is 5.75 Å². The van der Waals surface area contributed by atoms with Gasteiger partial charge < -0.3 is 15.8 Å². The molecule has 1 aromatic carbocycles. The average Bonchev–Trinajstić information content (AvgIpc) is 2.36. The minimum Gasteiger partial charge on any atom is -0.495 e. The fraction of sp³-hybridized carbons (Fsp3) is 0.364. The van der Waals surface area contributed by atoms with Gasteiger partial charge in [-0.15, -0.1) is 0 Å². The standard InChI is InChI=1S/C11H16N2O4S/c1-7(11(14)13-2)18(15,16)10-5-4-8(12)6-9(10)17-3/h4-7H,12H2,1-3H3,(H,13,14). The fourth-order valence-corrected chi connectivity index (χ4v) is 2.91. The zero-order valence-electron chi connectivity index (χ0n) is 10.4. The lowest BCUT2D eigenvalue weighted by atomic mass is 10.3. The first-order valence-electron chi connectivity index (χ1n) is 5.23. The number of ether oxygens (including phenoxy) is 1. The number of sulfone groups is 1. The van der Waals surface area contributed by atoms with Crippen molar-refractivity contribution in [2.45, 2.75) is 17.1 Å². The van der Waals surface area contributed by atoms with Crippen LogP contribution in [0.4, 0.5) is 5.69 Å². The van der Waals surface area contributed by atoms with E-state index < -0.39 is 21.0 Å². The van der Waals surface area contributed by atoms with Crippen LogP contribution in [0.3, 0.4) is 0 Å². The van der Waals surface area contributed by atoms with E-state index in [4.69, 9.17) is 10.5 Å². The molecular weight excluding hydrogens is 256 g/mol. The van der Waals surface area contributed by atoms with Crippen LogP contribution in [0.25, 0.3) is 0 Å². The summed E-state index contributed by atoms with van der Waals surface area (Å²) in [5.41, 5.74) is 5.94. The lowest BCUT2D eigenvalue weighted by Gasteiger charge is -2.14. The van der Waals surface area contributed by atoms with Crippen LogP contribution in [0.15, 0.2) is 23.1 Å². The molecular formula is C11H16N2O4S. The number of amides is 1. The number of carbonyl (C=O) groups excluding carboxylic acids is 1. The molecule has 1 atom stereocenters. The van der Waals surface area contributed by atoms with Crippen molar-refractivity contribution >= 4 is 21.4 Å². The molecule has 0 aromatic heterocycles. The van der Waals surface area contributed by atoms with E-state index in [2.05, 4.69) is 5.32 Å². The molecule has 1 aromatic rings. The lowest BCUT2D eigenvalue weighted by Crippen LogP contribution is -2.35. The van der Waals surface area contributed by atoms with Crippen LogP contribution in [0.1, 0.15) is 6.92 Å². The summed E-state index contributed by atoms with van der Waals surface area (Å²) >= 11 is 0. The highest BCUT2D eigenvalue weighted by atomic mass is 32.2. The van der Waals surface area contributed by atoms with Crippen molar-refractivity contribution in [3.63, 3.8) is 0 Å². The topological polar surface area (TPSA) is 98.5 Å². The Labute approximate surface area is 106 Å². The second kappa shape index (κ2) is 5.26. The third kappa shape index (κ3) is 2.56. The average molecular weight is 272 g/mol. The van der Waals surface area contributed by atoms with Gasteiger partial charge in [-0.1, -0.05) is 0 Å². The van der Waals surface area contributed by atoms with E-state index in [-0.39, 0.29) is 10.6 Å². The fourth-order valence-electron chi connectivity index (χ4n) is 1.45. The molecule has 0 heterocycles. The number of nitrogens with two attached hydrogens (primary N) is 1. The number of nitrogens with one attached hydrogen (secondary N) is 1. The van der Waals surface area contributed by atoms with Crippen molar-refractivity contribution < 1.29 is 17.9 Å². The molecule has 18 heavy (non-hydrogen) atoms. The molecule has 1 rings (SSSR count). The Morgan fingerprint density at radius 1 is 1.44 bits per heavy atom. The van der Waals surface area contributed by atoms with Gasteiger partial charge in [-0.05, 0) is 19.1 Å². The number of hydrogen-bond donors (Lipinski definition) is 2. The summed E-state index contributed by atoms with van der Waals surface area (Å²) in [6.07, 6.45) is 0. The molecule has 100 valence electrons. The van der Waals surface area contributed by atoms with Crippen LogP contribution in [0.2, 0.25) is 0 Å². The molecule has 0 saturated carbocycles. The Morgan fingerprint density at radius 2 is 2.06 bits per heavy atom. The summed E-state index contributed by atoms with van der Waals surface area (Å²) in [6.45, 7) is 1.32. The van der Waals surface area contributed by atoms with Gasteiger partial charge in [0.2, 0.25) is 5.91 Å². The van der Waals surface area contributed by atoms with Gasteiger partial charge in [-0.3, -0.25) is 4.79 Å². The molecule has 0 fully saturated rings. The van der Waals surface area contributed by atoms with Crippen LogP contribution in [-0.4, -0.2) is 33.7 Å². The number of methoxy groups -OCH3 is 1. The summed E-state index contributed by atoms with van der Waals surface area (Å²) in [5.74, 6) is -0.445. The van der Waals surface area contributed by atoms with Gasteiger partial charge in [0.05, 0.1) is 7.11 Å². The van der Waals surface area contributed by atoms with Gasteiger partial charge in [0.1, 0.15) is 15.9 Å². The maximum atomic E-state index is 12.2. The Kier molecular flexibility index (Phi) is 4.18. The highest BCUT2D eigenvalue weighted by Gasteiger charge is 2.31. The van der Waals surface area contributed by atoms with Crippen molar-refractivity contribution in [2.75, 3.05) is 19.9 Å². The predicted octanol–water partition coefficient (Wildman–Crippen LogP) is 0.186. The van der Waals surface area contributed by atoms with E-state index in [1.165, 1.54) is 39.3 Å². The molecule has 7 heteroatoms. The van der Waals surface area contributed by atoms with Gasteiger partial charge in [-0.25, -0.2) is 8.42 Å². The highest BCUT2D eigenvalue weighted by molar-refractivity contribution is 7.92. The zero-order chi connectivity index (χ0) is 13.9. The van der Waals surface area contributed by atoms with E-state index in [1.54, 1.807) is 0 Å². The van der Waals surface area contributed by atoms with Gasteiger partial charge >= 0.3 is 0 Å². The first-order valence-corrected chi connectivity index (χ1v) is 6.78. The Bertz CT molecular complexity index is 554. The zero-order valence-corrected chi connectivity index (χ0v) is 11.2. The second-order valence-electron chi connectivity index (χ2n) is 3.71. The second-order valence-corrected chi connectivity index (χ2v) is 5.95. The number of nitrogen functional groups attached to an aromatic ring is 1. The van der Waals surface area contributed by atoms with Crippen LogP contribution in [-0.2, 0) is 14.6 Å². The van der Waals surface area contributed by atoms with Crippen molar-refractivity contribution in [2.24, 2.45) is 0 Å². The molecule has 0 aliphatic heterocycles. The third-order valence-electron chi connectivity index (χ3n) is 2.58. The first-order chi connectivity index (χ1) is 8.34. The van der Waals surface area contributed by atoms with Crippen LogP contribution >= 0.6 is 0 Å². The summed E-state index contributed by atoms with van der Waals surface area (Å²) in [4.78, 5) is 11.4. The molecule has 1 unspecified atom stereocenters. The number of hydrogen-bond acceptors (Lipinski definition) is 5. The Morgan fingerprint density at radius 3 is 2.56 bits per heavy atom. The van der Waals surface area contributed by atoms with E-state index in [0.29, 0.717) is 5.69 Å². The van der Waals surface area contributed by atoms with Crippen LogP contribution in [0.5, 0.6) is 5.75 Å². The SMILES string of the molecule is CNC(=O)C(C)S(=O)(=O)c1ccc(N)cc1OC. The van der Waals surface area contributed by atoms with Gasteiger partial charge in [-0.2, -0.15) is 0 Å². The normalized spacial score (nSPS) is 12.8. The summed E-state index contributed by atoms with van der Waals surface area (Å²) in [6, 6.07) is 4.19. The summed E-state index contributed by atoms with van der Waals surface area (Å²) < 4.78 is 29.5. The number of carbonyl (C=O) groups is 1. The smallest absolute Gasteiger partial charge is 0.238 e. The predicted molar refractivity (Wildman–Crippen MR) is 68.1 cm³/mol. The Hall–Kier alpha value is -1.76. The maximum Gasteiger partial charge on any atom is 0.238 e. The highest BCUT2D eigenvalue weighted by Crippen LogP contribution is 2.28. The number of benzene rings is 1. The summed E-state index contributed by atoms with van der Waals surface area (Å²) in [7, 11) is -1.07. The van der Waals surface area contributed by atoms with Gasteiger partial charge in [0, 0.05) is 18.8 Å². The van der Waals surface area contributed by atoms with Crippen molar-refractivity contribution in [1.29, 1.82) is 0 Å². The molecule has 1 amide bonds.